The minimum absolute atomic E-state index is 0.0795. The van der Waals surface area contributed by atoms with Crippen molar-refractivity contribution in [3.63, 3.8) is 0 Å². The second kappa shape index (κ2) is 4.52. The van der Waals surface area contributed by atoms with Crippen LogP contribution in [0.1, 0.15) is 5.56 Å². The monoisotopic (exact) mass is 258 g/mol. The number of aliphatic hydroxyl groups excluding tert-OH is 1. The minimum Gasteiger partial charge on any atom is -0.392 e. The summed E-state index contributed by atoms with van der Waals surface area (Å²) in [5.41, 5.74) is 1.53. The summed E-state index contributed by atoms with van der Waals surface area (Å²) < 4.78 is 14.5. The van der Waals surface area contributed by atoms with Gasteiger partial charge in [0.15, 0.2) is 0 Å². The molecular weight excluding hydrogens is 247 g/mol. The summed E-state index contributed by atoms with van der Waals surface area (Å²) in [7, 11) is 0. The van der Waals surface area contributed by atoms with Gasteiger partial charge >= 0.3 is 0 Å². The molecule has 18 heavy (non-hydrogen) atoms. The predicted octanol–water partition coefficient (Wildman–Crippen LogP) is 4.20. The fourth-order valence-corrected chi connectivity index (χ4v) is 3.14. The summed E-state index contributed by atoms with van der Waals surface area (Å²) in [6.45, 7) is -0.0795. The molecule has 0 amide bonds. The van der Waals surface area contributed by atoms with Crippen LogP contribution in [0.25, 0.3) is 20.5 Å². The summed E-state index contributed by atoms with van der Waals surface area (Å²) in [6.07, 6.45) is 0. The van der Waals surface area contributed by atoms with Crippen molar-refractivity contribution in [2.45, 2.75) is 6.61 Å². The molecule has 1 nitrogen and oxygen atoms in total. The van der Waals surface area contributed by atoms with Crippen molar-refractivity contribution in [2.75, 3.05) is 0 Å². The number of hydrogen-bond acceptors (Lipinski definition) is 2. The third-order valence-corrected chi connectivity index (χ3v) is 4.08. The van der Waals surface area contributed by atoms with E-state index < -0.39 is 0 Å². The van der Waals surface area contributed by atoms with Crippen LogP contribution in [0, 0.1) is 5.82 Å². The van der Waals surface area contributed by atoms with Crippen molar-refractivity contribution in [3.8, 4) is 10.4 Å². The lowest BCUT2D eigenvalue weighted by atomic mass is 10.1. The molecule has 1 N–H and O–H groups in total. The summed E-state index contributed by atoms with van der Waals surface area (Å²) in [4.78, 5) is 0.986. The van der Waals surface area contributed by atoms with Crippen LogP contribution < -0.4 is 0 Å². The van der Waals surface area contributed by atoms with Crippen LogP contribution in [0.2, 0.25) is 0 Å². The number of rotatable bonds is 2. The molecule has 0 atom stereocenters. The Bertz CT molecular complexity index is 670. The minimum atomic E-state index is -0.278. The van der Waals surface area contributed by atoms with Crippen LogP contribution in [0.5, 0.6) is 0 Å². The van der Waals surface area contributed by atoms with Gasteiger partial charge in [-0.2, -0.15) is 0 Å². The Balaban J connectivity index is 2.22. The highest BCUT2D eigenvalue weighted by Crippen LogP contribution is 2.35. The van der Waals surface area contributed by atoms with Crippen LogP contribution in [0.4, 0.5) is 4.39 Å². The molecule has 0 saturated carbocycles. The Hall–Kier alpha value is -1.71. The van der Waals surface area contributed by atoms with Crippen molar-refractivity contribution in [2.24, 2.45) is 0 Å². The maximum Gasteiger partial charge on any atom is 0.123 e. The largest absolute Gasteiger partial charge is 0.392 e. The maximum absolute atomic E-state index is 13.3. The van der Waals surface area contributed by atoms with E-state index in [1.165, 1.54) is 16.8 Å². The average Bonchev–Trinajstić information content (AvgIpc) is 2.82. The third-order valence-electron chi connectivity index (χ3n) is 2.93. The third kappa shape index (κ3) is 1.92. The van der Waals surface area contributed by atoms with Gasteiger partial charge < -0.3 is 5.11 Å². The van der Waals surface area contributed by atoms with E-state index in [-0.39, 0.29) is 12.4 Å². The molecule has 3 aromatic rings. The number of halogens is 1. The van der Waals surface area contributed by atoms with Crippen molar-refractivity contribution >= 4 is 21.4 Å². The van der Waals surface area contributed by atoms with Crippen molar-refractivity contribution in [3.05, 3.63) is 59.9 Å². The first-order chi connectivity index (χ1) is 8.78. The highest BCUT2D eigenvalue weighted by Gasteiger charge is 2.09. The van der Waals surface area contributed by atoms with Gasteiger partial charge in [0.05, 0.1) is 6.61 Å². The standard InChI is InChI=1S/C15H11FOS/c16-12-6-5-11(9-17)13(8-12)15-7-10-3-1-2-4-14(10)18-15/h1-8,17H,9H2. The molecule has 1 heterocycles. The molecule has 0 saturated heterocycles. The Morgan fingerprint density at radius 1 is 1.06 bits per heavy atom. The summed E-state index contributed by atoms with van der Waals surface area (Å²) >= 11 is 1.61. The fourth-order valence-electron chi connectivity index (χ4n) is 2.03. The van der Waals surface area contributed by atoms with Gasteiger partial charge in [0.2, 0.25) is 0 Å². The zero-order chi connectivity index (χ0) is 12.5. The number of hydrogen-bond donors (Lipinski definition) is 1. The summed E-state index contributed by atoms with van der Waals surface area (Å²) in [6, 6.07) is 14.6. The van der Waals surface area contributed by atoms with E-state index in [4.69, 9.17) is 0 Å². The Kier molecular flexibility index (Phi) is 2.86. The smallest absolute Gasteiger partial charge is 0.123 e. The highest BCUT2D eigenvalue weighted by molar-refractivity contribution is 7.22. The van der Waals surface area contributed by atoms with Crippen molar-refractivity contribution in [1.82, 2.24) is 0 Å². The normalized spacial score (nSPS) is 11.0. The average molecular weight is 258 g/mol. The SMILES string of the molecule is OCc1ccc(F)cc1-c1cc2ccccc2s1. The fraction of sp³-hybridized carbons (Fsp3) is 0.0667. The topological polar surface area (TPSA) is 20.2 Å². The Labute approximate surface area is 108 Å². The van der Waals surface area contributed by atoms with Gasteiger partial charge in [-0.25, -0.2) is 4.39 Å². The molecule has 3 rings (SSSR count). The predicted molar refractivity (Wildman–Crippen MR) is 73.1 cm³/mol. The molecule has 90 valence electrons. The molecular formula is C15H11FOS. The van der Waals surface area contributed by atoms with Crippen LogP contribution in [0.15, 0.2) is 48.5 Å². The van der Waals surface area contributed by atoms with E-state index in [2.05, 4.69) is 0 Å². The first kappa shape index (κ1) is 11.4. The van der Waals surface area contributed by atoms with E-state index in [9.17, 15) is 9.50 Å². The number of fused-ring (bicyclic) bond motifs is 1. The Morgan fingerprint density at radius 3 is 2.67 bits per heavy atom. The number of benzene rings is 2. The molecule has 2 aromatic carbocycles. The highest BCUT2D eigenvalue weighted by atomic mass is 32.1. The van der Waals surface area contributed by atoms with E-state index >= 15 is 0 Å². The van der Waals surface area contributed by atoms with Crippen LogP contribution in [-0.2, 0) is 6.61 Å². The van der Waals surface area contributed by atoms with E-state index in [1.807, 2.05) is 30.3 Å². The zero-order valence-corrected chi connectivity index (χ0v) is 10.4. The summed E-state index contributed by atoms with van der Waals surface area (Å²) in [5.74, 6) is -0.278. The van der Waals surface area contributed by atoms with Crippen molar-refractivity contribution in [1.29, 1.82) is 0 Å². The van der Waals surface area contributed by atoms with Crippen LogP contribution in [-0.4, -0.2) is 5.11 Å². The molecule has 0 aliphatic heterocycles. The molecule has 0 spiro atoms. The molecule has 1 aromatic heterocycles. The van der Waals surface area contributed by atoms with E-state index in [0.29, 0.717) is 0 Å². The molecule has 0 bridgehead atoms. The van der Waals surface area contributed by atoms with E-state index in [0.717, 1.165) is 21.4 Å². The molecule has 0 aliphatic rings. The number of thiophene rings is 1. The van der Waals surface area contributed by atoms with Crippen molar-refractivity contribution < 1.29 is 9.50 Å². The second-order valence-electron chi connectivity index (χ2n) is 4.11. The Morgan fingerprint density at radius 2 is 1.89 bits per heavy atom. The van der Waals surface area contributed by atoms with E-state index in [1.54, 1.807) is 17.4 Å². The lowest BCUT2D eigenvalue weighted by Crippen LogP contribution is -1.88. The first-order valence-electron chi connectivity index (χ1n) is 5.66. The maximum atomic E-state index is 13.3. The van der Waals surface area contributed by atoms with Gasteiger partial charge in [0.1, 0.15) is 5.82 Å². The molecule has 0 unspecified atom stereocenters. The molecule has 0 aliphatic carbocycles. The van der Waals surface area contributed by atoms with Crippen LogP contribution in [0.3, 0.4) is 0 Å². The molecule has 0 fully saturated rings. The number of aliphatic hydroxyl groups is 1. The van der Waals surface area contributed by atoms with Gasteiger partial charge in [0.25, 0.3) is 0 Å². The van der Waals surface area contributed by atoms with Gasteiger partial charge in [-0.15, -0.1) is 11.3 Å². The molecule has 0 radical (unpaired) electrons. The quantitative estimate of drug-likeness (QED) is 0.730. The molecule has 3 heteroatoms. The summed E-state index contributed by atoms with van der Waals surface area (Å²) in [5, 5.41) is 10.5. The van der Waals surface area contributed by atoms with Gasteiger partial charge in [-0.1, -0.05) is 24.3 Å². The van der Waals surface area contributed by atoms with Gasteiger partial charge in [-0.3, -0.25) is 0 Å². The first-order valence-corrected chi connectivity index (χ1v) is 6.48. The van der Waals surface area contributed by atoms with Gasteiger partial charge in [0, 0.05) is 15.1 Å². The van der Waals surface area contributed by atoms with Crippen LogP contribution >= 0.6 is 11.3 Å². The second-order valence-corrected chi connectivity index (χ2v) is 5.19. The van der Waals surface area contributed by atoms with Gasteiger partial charge in [-0.05, 0) is 35.2 Å². The lowest BCUT2D eigenvalue weighted by Gasteiger charge is -2.04. The zero-order valence-electron chi connectivity index (χ0n) is 9.56. The lowest BCUT2D eigenvalue weighted by molar-refractivity contribution is 0.282.